The van der Waals surface area contributed by atoms with Crippen molar-refractivity contribution in [2.24, 2.45) is 0 Å². The zero-order chi connectivity index (χ0) is 41.6. The fraction of sp³-hybridized carbons (Fsp3) is 0. The molecule has 0 atom stereocenters. The van der Waals surface area contributed by atoms with E-state index in [1.54, 1.807) is 0 Å². The first-order valence-corrected chi connectivity index (χ1v) is 20.8. The molecule has 3 heterocycles. The van der Waals surface area contributed by atoms with E-state index in [9.17, 15) is 0 Å². The molecule has 11 aromatic rings. The van der Waals surface area contributed by atoms with Crippen molar-refractivity contribution < 1.29 is 0 Å². The Kier molecular flexibility index (Phi) is 9.06. The number of nitrogens with zero attached hydrogens (tertiary/aromatic N) is 4. The second-order valence-electron chi connectivity index (χ2n) is 15.4. The number of allylic oxidation sites excluding steroid dienone is 4. The normalized spacial score (nSPS) is 11.8. The summed E-state index contributed by atoms with van der Waals surface area (Å²) in [5.74, 6) is 1.76. The monoisotopic (exact) mass is 793 g/mol. The van der Waals surface area contributed by atoms with Crippen molar-refractivity contribution in [2.75, 3.05) is 0 Å². The maximum atomic E-state index is 5.26. The molecule has 62 heavy (non-hydrogen) atoms. The van der Waals surface area contributed by atoms with Gasteiger partial charge in [-0.15, -0.1) is 0 Å². The Morgan fingerprint density at radius 2 is 0.984 bits per heavy atom. The van der Waals surface area contributed by atoms with Gasteiger partial charge in [0, 0.05) is 60.4 Å². The number of hydrogen-bond acceptors (Lipinski definition) is 3. The summed E-state index contributed by atoms with van der Waals surface area (Å²) in [6.07, 6.45) is 5.76. The van der Waals surface area contributed by atoms with Crippen LogP contribution in [-0.4, -0.2) is 24.5 Å². The number of H-pyrrole nitrogens is 1. The van der Waals surface area contributed by atoms with Crippen LogP contribution in [0.2, 0.25) is 0 Å². The first-order valence-electron chi connectivity index (χ1n) is 20.8. The SMILES string of the molecule is C=C/C=C(\C=C)c1cc(-c2nc(-c3ccccc3)nc(-c3ccc(-c4ccccc4)cc3)n2)cc(-c2ccccc2)c1-n1c2ccccc2c2cc3[nH]c4ccccc4c3cc21. The van der Waals surface area contributed by atoms with Gasteiger partial charge in [-0.3, -0.25) is 0 Å². The molecule has 0 fully saturated rings. The number of fused-ring (bicyclic) bond motifs is 6. The zero-order valence-electron chi connectivity index (χ0n) is 33.8. The summed E-state index contributed by atoms with van der Waals surface area (Å²) in [5.41, 5.74) is 14.3. The smallest absolute Gasteiger partial charge is 0.164 e. The molecular weight excluding hydrogens is 755 g/mol. The highest BCUT2D eigenvalue weighted by Gasteiger charge is 2.24. The first-order chi connectivity index (χ1) is 30.6. The zero-order valence-corrected chi connectivity index (χ0v) is 33.8. The number of para-hydroxylation sites is 2. The van der Waals surface area contributed by atoms with Crippen LogP contribution >= 0.6 is 0 Å². The highest BCUT2D eigenvalue weighted by Crippen LogP contribution is 2.44. The fourth-order valence-electron chi connectivity index (χ4n) is 8.80. The van der Waals surface area contributed by atoms with Crippen LogP contribution in [0.5, 0.6) is 0 Å². The van der Waals surface area contributed by atoms with E-state index in [4.69, 9.17) is 15.0 Å². The third-order valence-electron chi connectivity index (χ3n) is 11.7. The molecule has 0 aliphatic carbocycles. The summed E-state index contributed by atoms with van der Waals surface area (Å²) >= 11 is 0. The van der Waals surface area contributed by atoms with Gasteiger partial charge in [0.25, 0.3) is 0 Å². The van der Waals surface area contributed by atoms with Gasteiger partial charge >= 0.3 is 0 Å². The van der Waals surface area contributed by atoms with Crippen molar-refractivity contribution in [1.82, 2.24) is 24.5 Å². The first kappa shape index (κ1) is 36.7. The van der Waals surface area contributed by atoms with Crippen molar-refractivity contribution in [1.29, 1.82) is 0 Å². The van der Waals surface area contributed by atoms with Crippen molar-refractivity contribution in [2.45, 2.75) is 0 Å². The molecule has 0 aliphatic rings. The molecule has 292 valence electrons. The minimum absolute atomic E-state index is 0.565. The summed E-state index contributed by atoms with van der Waals surface area (Å²) in [7, 11) is 0. The predicted molar refractivity (Wildman–Crippen MR) is 259 cm³/mol. The van der Waals surface area contributed by atoms with E-state index < -0.39 is 0 Å². The van der Waals surface area contributed by atoms with Gasteiger partial charge in [-0.05, 0) is 58.7 Å². The molecule has 8 aromatic carbocycles. The second kappa shape index (κ2) is 15.3. The van der Waals surface area contributed by atoms with Gasteiger partial charge in [-0.2, -0.15) is 0 Å². The predicted octanol–water partition coefficient (Wildman–Crippen LogP) is 14.7. The lowest BCUT2D eigenvalue weighted by Gasteiger charge is -2.21. The maximum Gasteiger partial charge on any atom is 0.164 e. The molecule has 0 radical (unpaired) electrons. The fourth-order valence-corrected chi connectivity index (χ4v) is 8.80. The molecule has 0 amide bonds. The van der Waals surface area contributed by atoms with Gasteiger partial charge < -0.3 is 9.55 Å². The molecular formula is C57H39N5. The van der Waals surface area contributed by atoms with E-state index in [0.717, 1.165) is 88.6 Å². The topological polar surface area (TPSA) is 59.4 Å². The van der Waals surface area contributed by atoms with Gasteiger partial charge in [0.2, 0.25) is 0 Å². The van der Waals surface area contributed by atoms with Crippen LogP contribution in [0.4, 0.5) is 0 Å². The molecule has 1 N–H and O–H groups in total. The Morgan fingerprint density at radius 3 is 1.66 bits per heavy atom. The lowest BCUT2D eigenvalue weighted by Crippen LogP contribution is -2.05. The molecule has 0 unspecified atom stereocenters. The number of benzene rings is 8. The minimum Gasteiger partial charge on any atom is -0.354 e. The summed E-state index contributed by atoms with van der Waals surface area (Å²) in [4.78, 5) is 19.3. The van der Waals surface area contributed by atoms with Crippen LogP contribution in [0.15, 0.2) is 219 Å². The Hall–Kier alpha value is -8.41. The summed E-state index contributed by atoms with van der Waals surface area (Å²) in [6.45, 7) is 8.47. The quantitative estimate of drug-likeness (QED) is 0.148. The number of nitrogens with one attached hydrogen (secondary N) is 1. The summed E-state index contributed by atoms with van der Waals surface area (Å²) in [5, 5.41) is 4.69. The molecule has 3 aromatic heterocycles. The van der Waals surface area contributed by atoms with E-state index in [0.29, 0.717) is 17.5 Å². The van der Waals surface area contributed by atoms with Gasteiger partial charge in [0.1, 0.15) is 0 Å². The summed E-state index contributed by atoms with van der Waals surface area (Å²) in [6, 6.07) is 65.8. The minimum atomic E-state index is 0.565. The van der Waals surface area contributed by atoms with Crippen LogP contribution in [0, 0.1) is 0 Å². The third kappa shape index (κ3) is 6.32. The Balaban J connectivity index is 1.21. The molecule has 0 spiro atoms. The van der Waals surface area contributed by atoms with Crippen LogP contribution < -0.4 is 0 Å². The molecule has 5 heteroatoms. The number of hydrogen-bond donors (Lipinski definition) is 1. The highest BCUT2D eigenvalue weighted by molar-refractivity contribution is 6.18. The highest BCUT2D eigenvalue weighted by atomic mass is 15.0. The van der Waals surface area contributed by atoms with Crippen molar-refractivity contribution in [3.05, 3.63) is 225 Å². The van der Waals surface area contributed by atoms with E-state index in [-0.39, 0.29) is 0 Å². The van der Waals surface area contributed by atoms with Gasteiger partial charge in [-0.1, -0.05) is 183 Å². The lowest BCUT2D eigenvalue weighted by atomic mass is 9.92. The number of aromatic nitrogens is 5. The molecule has 0 aliphatic heterocycles. The molecule has 0 bridgehead atoms. The lowest BCUT2D eigenvalue weighted by molar-refractivity contribution is 1.07. The largest absolute Gasteiger partial charge is 0.354 e. The number of aromatic amines is 1. The van der Waals surface area contributed by atoms with Crippen LogP contribution in [0.25, 0.3) is 111 Å². The average molecular weight is 794 g/mol. The van der Waals surface area contributed by atoms with Crippen molar-refractivity contribution >= 4 is 49.2 Å². The van der Waals surface area contributed by atoms with Crippen LogP contribution in [0.3, 0.4) is 0 Å². The van der Waals surface area contributed by atoms with Gasteiger partial charge in [0.05, 0.1) is 16.7 Å². The van der Waals surface area contributed by atoms with E-state index in [2.05, 4.69) is 174 Å². The van der Waals surface area contributed by atoms with E-state index in [1.807, 2.05) is 54.6 Å². The average Bonchev–Trinajstić information content (AvgIpc) is 3.87. The van der Waals surface area contributed by atoms with Gasteiger partial charge in [0.15, 0.2) is 17.5 Å². The van der Waals surface area contributed by atoms with Crippen LogP contribution in [-0.2, 0) is 0 Å². The second-order valence-corrected chi connectivity index (χ2v) is 15.4. The standard InChI is InChI=1S/C57H39N5/c1-3-18-37(4-2)46-33-43(57-60-55(41-23-12-7-13-24-41)59-56(61-57)42-31-29-39(30-32-42)38-19-8-5-9-20-38)34-47(40-21-10-6-11-22-40)54(46)62-52-28-17-15-26-45(52)49-35-51-48(36-53(49)62)44-25-14-16-27-50(44)58-51/h3-36,58H,1-2H2/b37-18+. The third-order valence-corrected chi connectivity index (χ3v) is 11.7. The van der Waals surface area contributed by atoms with E-state index >= 15 is 0 Å². The molecule has 11 rings (SSSR count). The maximum absolute atomic E-state index is 5.26. The molecule has 0 saturated heterocycles. The Bertz CT molecular complexity index is 3520. The van der Waals surface area contributed by atoms with Crippen molar-refractivity contribution in [3.63, 3.8) is 0 Å². The molecule has 0 saturated carbocycles. The van der Waals surface area contributed by atoms with Crippen LogP contribution in [0.1, 0.15) is 5.56 Å². The van der Waals surface area contributed by atoms with E-state index in [1.165, 1.54) is 10.8 Å². The molecule has 5 nitrogen and oxygen atoms in total. The van der Waals surface area contributed by atoms with Gasteiger partial charge in [-0.25, -0.2) is 15.0 Å². The Labute approximate surface area is 359 Å². The number of rotatable bonds is 9. The van der Waals surface area contributed by atoms with Crippen molar-refractivity contribution in [3.8, 4) is 62.1 Å². The summed E-state index contributed by atoms with van der Waals surface area (Å²) < 4.78 is 2.43. The Morgan fingerprint density at radius 1 is 0.435 bits per heavy atom.